The molecule has 0 aliphatic carbocycles. The van der Waals surface area contributed by atoms with E-state index < -0.39 is 0 Å². The van der Waals surface area contributed by atoms with E-state index in [2.05, 4.69) is 21.2 Å². The van der Waals surface area contributed by atoms with Crippen molar-refractivity contribution in [3.8, 4) is 0 Å². The van der Waals surface area contributed by atoms with Gasteiger partial charge in [-0.1, -0.05) is 15.9 Å². The summed E-state index contributed by atoms with van der Waals surface area (Å²) in [5.74, 6) is 0.0685. The van der Waals surface area contributed by atoms with Crippen molar-refractivity contribution in [1.82, 2.24) is 5.32 Å². The van der Waals surface area contributed by atoms with Crippen molar-refractivity contribution < 1.29 is 9.53 Å². The Balaban J connectivity index is 2.33. The lowest BCUT2D eigenvalue weighted by Crippen LogP contribution is -2.32. The Morgan fingerprint density at radius 1 is 1.44 bits per heavy atom. The van der Waals surface area contributed by atoms with E-state index in [9.17, 15) is 4.79 Å². The maximum atomic E-state index is 11.8. The predicted molar refractivity (Wildman–Crippen MR) is 79.0 cm³/mol. The summed E-state index contributed by atoms with van der Waals surface area (Å²) in [5.41, 5.74) is 0. The number of carbonyl (C=O) groups is 1. The molecule has 5 heteroatoms. The first-order valence-corrected chi connectivity index (χ1v) is 7.49. The van der Waals surface area contributed by atoms with E-state index >= 15 is 0 Å². The summed E-state index contributed by atoms with van der Waals surface area (Å²) in [5, 5.41) is 2.81. The van der Waals surface area contributed by atoms with Crippen molar-refractivity contribution >= 4 is 33.6 Å². The molecule has 0 bridgehead atoms. The van der Waals surface area contributed by atoms with Gasteiger partial charge in [0.25, 0.3) is 0 Å². The number of halogens is 1. The molecule has 0 saturated heterocycles. The molecule has 1 rings (SSSR count). The molecule has 0 heterocycles. The maximum Gasteiger partial charge on any atom is 0.233 e. The van der Waals surface area contributed by atoms with E-state index in [0.717, 1.165) is 15.8 Å². The van der Waals surface area contributed by atoms with Crippen LogP contribution in [0, 0.1) is 0 Å². The van der Waals surface area contributed by atoms with Crippen molar-refractivity contribution in [3.63, 3.8) is 0 Å². The monoisotopic (exact) mass is 331 g/mol. The summed E-state index contributed by atoms with van der Waals surface area (Å²) in [6.45, 7) is 3.25. The fourth-order valence-corrected chi connectivity index (χ4v) is 2.50. The number of hydrogen-bond donors (Lipinski definition) is 1. The zero-order valence-electron chi connectivity index (χ0n) is 10.6. The minimum atomic E-state index is -0.0891. The van der Waals surface area contributed by atoms with Crippen LogP contribution in [-0.2, 0) is 9.53 Å². The van der Waals surface area contributed by atoms with Crippen LogP contribution in [0.4, 0.5) is 0 Å². The Bertz CT molecular complexity index is 370. The lowest BCUT2D eigenvalue weighted by molar-refractivity contribution is -0.120. The molecule has 0 aliphatic rings. The molecule has 1 N–H and O–H groups in total. The van der Waals surface area contributed by atoms with Crippen LogP contribution in [0.25, 0.3) is 0 Å². The number of methoxy groups -OCH3 is 1. The Hall–Kier alpha value is -0.520. The molecule has 0 aliphatic heterocycles. The summed E-state index contributed by atoms with van der Waals surface area (Å²) >= 11 is 4.95. The van der Waals surface area contributed by atoms with E-state index in [4.69, 9.17) is 4.74 Å². The van der Waals surface area contributed by atoms with Crippen LogP contribution < -0.4 is 5.32 Å². The minimum Gasteiger partial charge on any atom is -0.385 e. The molecular formula is C13H18BrNO2S. The van der Waals surface area contributed by atoms with Crippen LogP contribution in [0.1, 0.15) is 13.3 Å². The lowest BCUT2D eigenvalue weighted by atomic mass is 10.4. The second kappa shape index (κ2) is 8.56. The highest BCUT2D eigenvalue weighted by Crippen LogP contribution is 2.24. The lowest BCUT2D eigenvalue weighted by Gasteiger charge is -2.11. The topological polar surface area (TPSA) is 38.3 Å². The number of hydrogen-bond acceptors (Lipinski definition) is 3. The van der Waals surface area contributed by atoms with Gasteiger partial charge in [0.2, 0.25) is 5.91 Å². The van der Waals surface area contributed by atoms with Crippen LogP contribution in [0.2, 0.25) is 0 Å². The molecule has 0 fully saturated rings. The molecule has 1 aromatic rings. The van der Waals surface area contributed by atoms with E-state index in [1.165, 1.54) is 0 Å². The quantitative estimate of drug-likeness (QED) is 0.616. The van der Waals surface area contributed by atoms with Gasteiger partial charge in [0, 0.05) is 29.6 Å². The molecule has 1 atom stereocenters. The second-order valence-corrected chi connectivity index (χ2v) is 6.18. The molecular weight excluding hydrogens is 314 g/mol. The zero-order chi connectivity index (χ0) is 13.4. The predicted octanol–water partition coefficient (Wildman–Crippen LogP) is 3.08. The van der Waals surface area contributed by atoms with Crippen molar-refractivity contribution in [2.75, 3.05) is 20.3 Å². The molecule has 1 amide bonds. The van der Waals surface area contributed by atoms with Gasteiger partial charge in [0.1, 0.15) is 0 Å². The highest BCUT2D eigenvalue weighted by molar-refractivity contribution is 9.10. The van der Waals surface area contributed by atoms with Crippen LogP contribution in [0.15, 0.2) is 33.6 Å². The summed E-state index contributed by atoms with van der Waals surface area (Å²) < 4.78 is 5.97. The van der Waals surface area contributed by atoms with Gasteiger partial charge >= 0.3 is 0 Å². The summed E-state index contributed by atoms with van der Waals surface area (Å²) in [7, 11) is 1.66. The van der Waals surface area contributed by atoms with E-state index in [1.807, 2.05) is 31.2 Å². The first kappa shape index (κ1) is 15.5. The zero-order valence-corrected chi connectivity index (χ0v) is 13.0. The van der Waals surface area contributed by atoms with Gasteiger partial charge in [-0.25, -0.2) is 0 Å². The SMILES string of the molecule is COCCCNC(=O)C(C)Sc1ccc(Br)cc1. The smallest absolute Gasteiger partial charge is 0.233 e. The van der Waals surface area contributed by atoms with Crippen molar-refractivity contribution in [1.29, 1.82) is 0 Å². The third kappa shape index (κ3) is 5.89. The molecule has 3 nitrogen and oxygen atoms in total. The second-order valence-electron chi connectivity index (χ2n) is 3.85. The molecule has 100 valence electrons. The van der Waals surface area contributed by atoms with Crippen LogP contribution >= 0.6 is 27.7 Å². The Labute approximate surface area is 121 Å². The van der Waals surface area contributed by atoms with Crippen LogP contribution in [-0.4, -0.2) is 31.4 Å². The summed E-state index contributed by atoms with van der Waals surface area (Å²) in [6.07, 6.45) is 0.845. The average molecular weight is 332 g/mol. The molecule has 1 unspecified atom stereocenters. The standard InChI is InChI=1S/C13H18BrNO2S/c1-10(13(16)15-8-3-9-17-2)18-12-6-4-11(14)5-7-12/h4-7,10H,3,8-9H2,1-2H3,(H,15,16). The average Bonchev–Trinajstić information content (AvgIpc) is 2.37. The third-order valence-electron chi connectivity index (χ3n) is 2.32. The molecule has 0 radical (unpaired) electrons. The Morgan fingerprint density at radius 3 is 2.72 bits per heavy atom. The molecule has 0 spiro atoms. The van der Waals surface area contributed by atoms with Gasteiger partial charge in [0.15, 0.2) is 0 Å². The fourth-order valence-electron chi connectivity index (χ4n) is 1.34. The van der Waals surface area contributed by atoms with Gasteiger partial charge in [-0.3, -0.25) is 4.79 Å². The third-order valence-corrected chi connectivity index (χ3v) is 3.96. The van der Waals surface area contributed by atoms with Crippen molar-refractivity contribution in [3.05, 3.63) is 28.7 Å². The molecule has 0 saturated carbocycles. The number of carbonyl (C=O) groups excluding carboxylic acids is 1. The number of thioether (sulfide) groups is 1. The van der Waals surface area contributed by atoms with Gasteiger partial charge in [0.05, 0.1) is 5.25 Å². The highest BCUT2D eigenvalue weighted by Gasteiger charge is 2.13. The van der Waals surface area contributed by atoms with Gasteiger partial charge in [-0.15, -0.1) is 11.8 Å². The van der Waals surface area contributed by atoms with Crippen LogP contribution in [0.3, 0.4) is 0 Å². The number of nitrogens with one attached hydrogen (secondary N) is 1. The minimum absolute atomic E-state index is 0.0685. The Morgan fingerprint density at radius 2 is 2.11 bits per heavy atom. The first-order chi connectivity index (χ1) is 8.63. The van der Waals surface area contributed by atoms with Gasteiger partial charge in [-0.2, -0.15) is 0 Å². The van der Waals surface area contributed by atoms with E-state index in [-0.39, 0.29) is 11.2 Å². The summed E-state index contributed by atoms with van der Waals surface area (Å²) in [4.78, 5) is 12.9. The van der Waals surface area contributed by atoms with E-state index in [0.29, 0.717) is 13.2 Å². The van der Waals surface area contributed by atoms with Crippen LogP contribution in [0.5, 0.6) is 0 Å². The van der Waals surface area contributed by atoms with Crippen molar-refractivity contribution in [2.45, 2.75) is 23.5 Å². The largest absolute Gasteiger partial charge is 0.385 e. The number of benzene rings is 1. The van der Waals surface area contributed by atoms with Crippen molar-refractivity contribution in [2.24, 2.45) is 0 Å². The Kier molecular flexibility index (Phi) is 7.39. The van der Waals surface area contributed by atoms with E-state index in [1.54, 1.807) is 18.9 Å². The first-order valence-electron chi connectivity index (χ1n) is 5.82. The fraction of sp³-hybridized carbons (Fsp3) is 0.462. The normalized spacial score (nSPS) is 12.2. The number of ether oxygens (including phenoxy) is 1. The molecule has 0 aromatic heterocycles. The maximum absolute atomic E-state index is 11.8. The molecule has 1 aromatic carbocycles. The highest BCUT2D eigenvalue weighted by atomic mass is 79.9. The van der Waals surface area contributed by atoms with Gasteiger partial charge in [-0.05, 0) is 37.6 Å². The number of rotatable bonds is 7. The number of amides is 1. The molecule has 18 heavy (non-hydrogen) atoms. The van der Waals surface area contributed by atoms with Gasteiger partial charge < -0.3 is 10.1 Å². The summed E-state index contributed by atoms with van der Waals surface area (Å²) in [6, 6.07) is 7.96.